The summed E-state index contributed by atoms with van der Waals surface area (Å²) >= 11 is 0. The van der Waals surface area contributed by atoms with Gasteiger partial charge in [-0.2, -0.15) is 0 Å². The number of nitrogens with zero attached hydrogens (tertiary/aromatic N) is 1. The van der Waals surface area contributed by atoms with Gasteiger partial charge in [0.05, 0.1) is 31.4 Å². The van der Waals surface area contributed by atoms with E-state index in [4.69, 9.17) is 9.84 Å². The van der Waals surface area contributed by atoms with Crippen molar-refractivity contribution in [2.75, 3.05) is 26.4 Å². The van der Waals surface area contributed by atoms with Gasteiger partial charge >= 0.3 is 0 Å². The number of aliphatic hydroxyl groups is 2. The maximum Gasteiger partial charge on any atom is 0.295 e. The van der Waals surface area contributed by atoms with Gasteiger partial charge in [0, 0.05) is 12.1 Å². The predicted molar refractivity (Wildman–Crippen MR) is 105 cm³/mol. The van der Waals surface area contributed by atoms with E-state index in [1.54, 1.807) is 12.1 Å². The van der Waals surface area contributed by atoms with Crippen molar-refractivity contribution in [2.24, 2.45) is 0 Å². The quantitative estimate of drug-likeness (QED) is 0.333. The molecule has 1 saturated heterocycles. The van der Waals surface area contributed by atoms with Gasteiger partial charge in [-0.15, -0.1) is 0 Å². The van der Waals surface area contributed by atoms with Gasteiger partial charge < -0.3 is 19.8 Å². The smallest absolute Gasteiger partial charge is 0.295 e. The molecule has 3 rings (SSSR count). The Hall–Kier alpha value is -2.96. The SMILES string of the molecule is Cc1ccc(C(O)=C2C(=O)C(=O)N(CCOCCO)C2c2ccccc2)cc1. The zero-order valence-electron chi connectivity index (χ0n) is 15.7. The van der Waals surface area contributed by atoms with Crippen LogP contribution < -0.4 is 0 Å². The van der Waals surface area contributed by atoms with Gasteiger partial charge in [0.25, 0.3) is 11.7 Å². The summed E-state index contributed by atoms with van der Waals surface area (Å²) in [7, 11) is 0. The van der Waals surface area contributed by atoms with E-state index in [-0.39, 0.29) is 37.7 Å². The van der Waals surface area contributed by atoms with E-state index in [0.29, 0.717) is 5.56 Å². The van der Waals surface area contributed by atoms with Gasteiger partial charge in [-0.05, 0) is 12.5 Å². The second kappa shape index (κ2) is 8.82. The van der Waals surface area contributed by atoms with Gasteiger partial charge in [0.2, 0.25) is 0 Å². The lowest BCUT2D eigenvalue weighted by molar-refractivity contribution is -0.140. The Bertz CT molecular complexity index is 874. The van der Waals surface area contributed by atoms with Crippen molar-refractivity contribution in [3.63, 3.8) is 0 Å². The van der Waals surface area contributed by atoms with E-state index < -0.39 is 17.7 Å². The van der Waals surface area contributed by atoms with Crippen LogP contribution in [0.2, 0.25) is 0 Å². The van der Waals surface area contributed by atoms with Gasteiger partial charge in [0.15, 0.2) is 0 Å². The molecule has 28 heavy (non-hydrogen) atoms. The first-order chi connectivity index (χ1) is 13.5. The third-order valence-corrected chi connectivity index (χ3v) is 4.69. The number of likely N-dealkylation sites (tertiary alicyclic amines) is 1. The Morgan fingerprint density at radius 1 is 1.04 bits per heavy atom. The number of benzene rings is 2. The third-order valence-electron chi connectivity index (χ3n) is 4.69. The third kappa shape index (κ3) is 3.98. The molecule has 2 aromatic rings. The summed E-state index contributed by atoms with van der Waals surface area (Å²) < 4.78 is 5.27. The molecule has 1 heterocycles. The molecule has 1 amide bonds. The molecule has 6 nitrogen and oxygen atoms in total. The van der Waals surface area contributed by atoms with E-state index in [1.165, 1.54) is 4.90 Å². The van der Waals surface area contributed by atoms with E-state index in [0.717, 1.165) is 11.1 Å². The highest BCUT2D eigenvalue weighted by Gasteiger charge is 2.45. The molecule has 1 unspecified atom stereocenters. The highest BCUT2D eigenvalue weighted by molar-refractivity contribution is 6.46. The number of rotatable bonds is 7. The molecule has 2 aromatic carbocycles. The molecule has 1 fully saturated rings. The standard InChI is InChI=1S/C22H23NO5/c1-15-7-9-17(10-8-15)20(25)18-19(16-5-3-2-4-6-16)23(22(27)21(18)26)11-13-28-14-12-24/h2-10,19,24-25H,11-14H2,1H3. The molecule has 0 aliphatic carbocycles. The first kappa shape index (κ1) is 19.8. The minimum Gasteiger partial charge on any atom is -0.507 e. The molecule has 1 aliphatic heterocycles. The molecule has 0 aromatic heterocycles. The molecule has 1 atom stereocenters. The molecule has 1 aliphatic rings. The van der Waals surface area contributed by atoms with Gasteiger partial charge in [0.1, 0.15) is 5.76 Å². The summed E-state index contributed by atoms with van der Waals surface area (Å²) in [6, 6.07) is 15.6. The van der Waals surface area contributed by atoms with E-state index >= 15 is 0 Å². The topological polar surface area (TPSA) is 87.1 Å². The average Bonchev–Trinajstić information content (AvgIpc) is 2.97. The zero-order valence-corrected chi connectivity index (χ0v) is 15.7. The lowest BCUT2D eigenvalue weighted by Gasteiger charge is -2.25. The normalized spacial score (nSPS) is 18.6. The van der Waals surface area contributed by atoms with Crippen LogP contribution in [-0.4, -0.2) is 53.2 Å². The molecule has 0 radical (unpaired) electrons. The Morgan fingerprint density at radius 2 is 1.71 bits per heavy atom. The van der Waals surface area contributed by atoms with Crippen LogP contribution in [0.3, 0.4) is 0 Å². The van der Waals surface area contributed by atoms with Crippen LogP contribution >= 0.6 is 0 Å². The maximum absolute atomic E-state index is 12.8. The summed E-state index contributed by atoms with van der Waals surface area (Å²) in [5, 5.41) is 19.7. The van der Waals surface area contributed by atoms with Crippen LogP contribution in [0.5, 0.6) is 0 Å². The monoisotopic (exact) mass is 381 g/mol. The van der Waals surface area contributed by atoms with Gasteiger partial charge in [-0.25, -0.2) is 0 Å². The van der Waals surface area contributed by atoms with Crippen LogP contribution in [0.25, 0.3) is 5.76 Å². The molecular formula is C22H23NO5. The van der Waals surface area contributed by atoms with E-state index in [9.17, 15) is 14.7 Å². The van der Waals surface area contributed by atoms with E-state index in [1.807, 2.05) is 49.4 Å². The zero-order chi connectivity index (χ0) is 20.1. The Balaban J connectivity index is 2.03. The lowest BCUT2D eigenvalue weighted by atomic mass is 9.95. The van der Waals surface area contributed by atoms with Crippen molar-refractivity contribution < 1.29 is 24.5 Å². The number of hydrogen-bond donors (Lipinski definition) is 2. The number of carbonyl (C=O) groups is 2. The number of Topliss-reactive ketones (excluding diaryl/α,β-unsaturated/α-hetero) is 1. The molecule has 0 bridgehead atoms. The first-order valence-electron chi connectivity index (χ1n) is 9.13. The molecular weight excluding hydrogens is 358 g/mol. The van der Waals surface area contributed by atoms with Crippen molar-refractivity contribution in [1.82, 2.24) is 4.90 Å². The van der Waals surface area contributed by atoms with Crippen molar-refractivity contribution in [3.8, 4) is 0 Å². The van der Waals surface area contributed by atoms with Crippen LogP contribution in [0.1, 0.15) is 22.7 Å². The fourth-order valence-corrected chi connectivity index (χ4v) is 3.29. The van der Waals surface area contributed by atoms with Crippen LogP contribution in [0.4, 0.5) is 0 Å². The number of carbonyl (C=O) groups excluding carboxylic acids is 2. The molecule has 0 spiro atoms. The molecule has 6 heteroatoms. The number of aryl methyl sites for hydroxylation is 1. The summed E-state index contributed by atoms with van der Waals surface area (Å²) in [6.45, 7) is 2.33. The van der Waals surface area contributed by atoms with Crippen molar-refractivity contribution >= 4 is 17.4 Å². The Labute approximate surface area is 163 Å². The largest absolute Gasteiger partial charge is 0.507 e. The Morgan fingerprint density at radius 3 is 2.36 bits per heavy atom. The average molecular weight is 381 g/mol. The maximum atomic E-state index is 12.8. The van der Waals surface area contributed by atoms with Gasteiger partial charge in [-0.3, -0.25) is 9.59 Å². The molecule has 146 valence electrons. The minimum absolute atomic E-state index is 0.0715. The Kier molecular flexibility index (Phi) is 6.23. The highest BCUT2D eigenvalue weighted by atomic mass is 16.5. The second-order valence-corrected chi connectivity index (χ2v) is 6.61. The first-order valence-corrected chi connectivity index (χ1v) is 9.13. The highest BCUT2D eigenvalue weighted by Crippen LogP contribution is 2.39. The minimum atomic E-state index is -0.714. The number of aliphatic hydroxyl groups excluding tert-OH is 2. The van der Waals surface area contributed by atoms with Gasteiger partial charge in [-0.1, -0.05) is 60.2 Å². The van der Waals surface area contributed by atoms with Crippen LogP contribution in [0.15, 0.2) is 60.2 Å². The van der Waals surface area contributed by atoms with Crippen molar-refractivity contribution in [3.05, 3.63) is 76.9 Å². The second-order valence-electron chi connectivity index (χ2n) is 6.61. The summed E-state index contributed by atoms with van der Waals surface area (Å²) in [5.74, 6) is -1.57. The van der Waals surface area contributed by atoms with Crippen LogP contribution in [-0.2, 0) is 14.3 Å². The predicted octanol–water partition coefficient (Wildman–Crippen LogP) is 2.43. The fourth-order valence-electron chi connectivity index (χ4n) is 3.29. The van der Waals surface area contributed by atoms with E-state index in [2.05, 4.69) is 0 Å². The summed E-state index contributed by atoms with van der Waals surface area (Å²) in [4.78, 5) is 26.9. The van der Waals surface area contributed by atoms with Crippen molar-refractivity contribution in [1.29, 1.82) is 0 Å². The lowest BCUT2D eigenvalue weighted by Crippen LogP contribution is -2.33. The molecule has 2 N–H and O–H groups in total. The fraction of sp³-hybridized carbons (Fsp3) is 0.273. The summed E-state index contributed by atoms with van der Waals surface area (Å²) in [5.41, 5.74) is 2.32. The molecule has 0 saturated carbocycles. The summed E-state index contributed by atoms with van der Waals surface area (Å²) in [6.07, 6.45) is 0. The number of hydrogen-bond acceptors (Lipinski definition) is 5. The number of ketones is 1. The number of ether oxygens (including phenoxy) is 1. The number of amides is 1. The van der Waals surface area contributed by atoms with Crippen molar-refractivity contribution in [2.45, 2.75) is 13.0 Å². The van der Waals surface area contributed by atoms with Crippen LogP contribution in [0, 0.1) is 6.92 Å².